The van der Waals surface area contributed by atoms with Crippen LogP contribution in [0.1, 0.15) is 38.7 Å². The highest BCUT2D eigenvalue weighted by Crippen LogP contribution is 2.23. The summed E-state index contributed by atoms with van der Waals surface area (Å²) in [7, 11) is 0. The van der Waals surface area contributed by atoms with Gasteiger partial charge < -0.3 is 20.5 Å². The van der Waals surface area contributed by atoms with Crippen LogP contribution in [0.15, 0.2) is 18.2 Å². The van der Waals surface area contributed by atoms with Crippen molar-refractivity contribution < 1.29 is 23.4 Å². The van der Waals surface area contributed by atoms with E-state index in [1.807, 2.05) is 6.92 Å². The van der Waals surface area contributed by atoms with Gasteiger partial charge in [0.15, 0.2) is 0 Å². The lowest BCUT2D eigenvalue weighted by Gasteiger charge is -2.27. The fourth-order valence-electron chi connectivity index (χ4n) is 2.87. The topological polar surface area (TPSA) is 70.6 Å². The van der Waals surface area contributed by atoms with E-state index >= 15 is 0 Å². The molecule has 3 unspecified atom stereocenters. The van der Waals surface area contributed by atoms with Crippen LogP contribution < -0.4 is 10.6 Å². The number of urea groups is 1. The number of aliphatic hydroxyl groups is 1. The number of rotatable bonds is 6. The zero-order valence-corrected chi connectivity index (χ0v) is 13.9. The van der Waals surface area contributed by atoms with E-state index in [2.05, 4.69) is 10.6 Å². The van der Waals surface area contributed by atoms with Crippen molar-refractivity contribution in [1.82, 2.24) is 10.6 Å². The van der Waals surface area contributed by atoms with Gasteiger partial charge in [0, 0.05) is 18.2 Å². The summed E-state index contributed by atoms with van der Waals surface area (Å²) >= 11 is 0. The van der Waals surface area contributed by atoms with Gasteiger partial charge in [0.1, 0.15) is 17.2 Å². The monoisotopic (exact) mass is 342 g/mol. The van der Waals surface area contributed by atoms with Crippen molar-refractivity contribution in [2.45, 2.75) is 50.9 Å². The molecule has 0 aromatic heterocycles. The van der Waals surface area contributed by atoms with Gasteiger partial charge >= 0.3 is 6.03 Å². The van der Waals surface area contributed by atoms with Crippen molar-refractivity contribution in [3.63, 3.8) is 0 Å². The summed E-state index contributed by atoms with van der Waals surface area (Å²) in [5, 5.41) is 15.7. The first-order chi connectivity index (χ1) is 11.3. The summed E-state index contributed by atoms with van der Waals surface area (Å²) in [5.74, 6) is -1.58. The van der Waals surface area contributed by atoms with Crippen LogP contribution in [0.25, 0.3) is 0 Å². The maximum Gasteiger partial charge on any atom is 0.315 e. The molecule has 1 aromatic carbocycles. The highest BCUT2D eigenvalue weighted by Gasteiger charge is 2.29. The molecule has 1 aliphatic heterocycles. The number of nitrogens with one attached hydrogen (secondary N) is 2. The minimum absolute atomic E-state index is 0.00389. The summed E-state index contributed by atoms with van der Waals surface area (Å²) in [4.78, 5) is 12.0. The number of carbonyl (C=O) groups is 1. The minimum Gasteiger partial charge on any atom is -0.383 e. The second-order valence-electron chi connectivity index (χ2n) is 6.29. The Kier molecular flexibility index (Phi) is 6.12. The lowest BCUT2D eigenvalue weighted by atomic mass is 9.95. The van der Waals surface area contributed by atoms with Gasteiger partial charge in [0.05, 0.1) is 18.7 Å². The van der Waals surface area contributed by atoms with Crippen molar-refractivity contribution in [3.8, 4) is 0 Å². The van der Waals surface area contributed by atoms with E-state index in [9.17, 15) is 18.7 Å². The van der Waals surface area contributed by atoms with Gasteiger partial charge in [-0.15, -0.1) is 0 Å². The molecule has 5 nitrogen and oxygen atoms in total. The predicted octanol–water partition coefficient (Wildman–Crippen LogP) is 2.43. The van der Waals surface area contributed by atoms with Gasteiger partial charge in [-0.05, 0) is 32.3 Å². The molecule has 24 heavy (non-hydrogen) atoms. The van der Waals surface area contributed by atoms with Crippen molar-refractivity contribution in [1.29, 1.82) is 0 Å². The number of carbonyl (C=O) groups excluding carboxylic acids is 1. The van der Waals surface area contributed by atoms with Crippen LogP contribution in [0.4, 0.5) is 13.6 Å². The fourth-order valence-corrected chi connectivity index (χ4v) is 2.87. The number of ether oxygens (including phenoxy) is 1. The number of hydrogen-bond donors (Lipinski definition) is 3. The molecule has 0 saturated carbocycles. The average Bonchev–Trinajstić information content (AvgIpc) is 3.04. The lowest BCUT2D eigenvalue weighted by molar-refractivity contribution is 0.0540. The second-order valence-corrected chi connectivity index (χ2v) is 6.29. The van der Waals surface area contributed by atoms with Crippen LogP contribution in [0, 0.1) is 11.6 Å². The molecule has 1 aliphatic rings. The molecule has 1 fully saturated rings. The zero-order chi connectivity index (χ0) is 17.7. The zero-order valence-electron chi connectivity index (χ0n) is 13.9. The van der Waals surface area contributed by atoms with Gasteiger partial charge in [-0.1, -0.05) is 13.0 Å². The normalized spacial score (nSPS) is 21.1. The predicted molar refractivity (Wildman–Crippen MR) is 85.5 cm³/mol. The third kappa shape index (κ3) is 4.64. The summed E-state index contributed by atoms with van der Waals surface area (Å²) in [6.07, 6.45) is 2.59. The number of amides is 2. The number of hydrogen-bond acceptors (Lipinski definition) is 3. The molecular weight excluding hydrogens is 318 g/mol. The molecule has 0 spiro atoms. The summed E-state index contributed by atoms with van der Waals surface area (Å²) in [5.41, 5.74) is -1.73. The maximum atomic E-state index is 13.8. The van der Waals surface area contributed by atoms with E-state index in [1.165, 1.54) is 13.0 Å². The largest absolute Gasteiger partial charge is 0.383 e. The van der Waals surface area contributed by atoms with Gasteiger partial charge in [-0.3, -0.25) is 0 Å². The quantitative estimate of drug-likeness (QED) is 0.744. The van der Waals surface area contributed by atoms with E-state index in [-0.39, 0.29) is 24.3 Å². The SMILES string of the molecule is CCC(NC(=O)NCC(C)(O)c1ccc(F)cc1F)C1CCCO1. The smallest absolute Gasteiger partial charge is 0.315 e. The highest BCUT2D eigenvalue weighted by molar-refractivity contribution is 5.74. The molecule has 0 radical (unpaired) electrons. The molecule has 1 heterocycles. The Morgan fingerprint density at radius 2 is 2.25 bits per heavy atom. The average molecular weight is 342 g/mol. The molecule has 3 N–H and O–H groups in total. The molecule has 1 aromatic rings. The Morgan fingerprint density at radius 3 is 2.83 bits per heavy atom. The minimum atomic E-state index is -1.65. The number of benzene rings is 1. The highest BCUT2D eigenvalue weighted by atomic mass is 19.1. The molecule has 7 heteroatoms. The Hall–Kier alpha value is -1.73. The molecular formula is C17H24F2N2O3. The van der Waals surface area contributed by atoms with Crippen LogP contribution in [0.5, 0.6) is 0 Å². The van der Waals surface area contributed by atoms with Crippen molar-refractivity contribution >= 4 is 6.03 Å². The van der Waals surface area contributed by atoms with Crippen molar-refractivity contribution in [2.24, 2.45) is 0 Å². The van der Waals surface area contributed by atoms with Crippen molar-refractivity contribution in [3.05, 3.63) is 35.4 Å². The Labute approximate surface area is 140 Å². The fraction of sp³-hybridized carbons (Fsp3) is 0.588. The summed E-state index contributed by atoms with van der Waals surface area (Å²) < 4.78 is 32.3. The van der Waals surface area contributed by atoms with Crippen LogP contribution >= 0.6 is 0 Å². The molecule has 1 saturated heterocycles. The van der Waals surface area contributed by atoms with Crippen LogP contribution in [0.3, 0.4) is 0 Å². The van der Waals surface area contributed by atoms with E-state index in [0.717, 1.165) is 25.3 Å². The van der Waals surface area contributed by atoms with Gasteiger partial charge in [-0.2, -0.15) is 0 Å². The van der Waals surface area contributed by atoms with Crippen molar-refractivity contribution in [2.75, 3.05) is 13.2 Å². The van der Waals surface area contributed by atoms with Gasteiger partial charge in [0.25, 0.3) is 0 Å². The summed E-state index contributed by atoms with van der Waals surface area (Å²) in [6, 6.07) is 2.37. The second kappa shape index (κ2) is 7.90. The third-order valence-electron chi connectivity index (χ3n) is 4.27. The molecule has 2 rings (SSSR count). The van der Waals surface area contributed by atoms with E-state index < -0.39 is 23.3 Å². The van der Waals surface area contributed by atoms with Gasteiger partial charge in [0.2, 0.25) is 0 Å². The lowest BCUT2D eigenvalue weighted by Crippen LogP contribution is -2.50. The van der Waals surface area contributed by atoms with Crippen LogP contribution in [-0.4, -0.2) is 36.4 Å². The van der Waals surface area contributed by atoms with Crippen LogP contribution in [-0.2, 0) is 10.3 Å². The molecule has 134 valence electrons. The van der Waals surface area contributed by atoms with E-state index in [0.29, 0.717) is 12.7 Å². The first-order valence-corrected chi connectivity index (χ1v) is 8.17. The molecule has 2 amide bonds. The summed E-state index contributed by atoms with van der Waals surface area (Å²) in [6.45, 7) is 3.81. The number of halogens is 2. The standard InChI is InChI=1S/C17H24F2N2O3/c1-3-14(15-5-4-8-24-15)21-16(22)20-10-17(2,23)12-7-6-11(18)9-13(12)19/h6-7,9,14-15,23H,3-5,8,10H2,1-2H3,(H2,20,21,22). The Balaban J connectivity index is 1.91. The van der Waals surface area contributed by atoms with Crippen LogP contribution in [0.2, 0.25) is 0 Å². The maximum absolute atomic E-state index is 13.8. The Bertz CT molecular complexity index is 575. The van der Waals surface area contributed by atoms with E-state index in [1.54, 1.807) is 0 Å². The first kappa shape index (κ1) is 18.6. The molecule has 0 bridgehead atoms. The van der Waals surface area contributed by atoms with Gasteiger partial charge in [-0.25, -0.2) is 13.6 Å². The first-order valence-electron chi connectivity index (χ1n) is 8.17. The third-order valence-corrected chi connectivity index (χ3v) is 4.27. The molecule has 0 aliphatic carbocycles. The van der Waals surface area contributed by atoms with E-state index in [4.69, 9.17) is 4.74 Å². The Morgan fingerprint density at radius 1 is 1.50 bits per heavy atom. The molecule has 3 atom stereocenters.